The summed E-state index contributed by atoms with van der Waals surface area (Å²) in [5.74, 6) is 0.551. The number of nitrogens with one attached hydrogen (secondary N) is 2. The lowest BCUT2D eigenvalue weighted by molar-refractivity contribution is 0.0982. The number of guanidine groups is 1. The maximum Gasteiger partial charge on any atom is 0.191 e. The molecule has 6 nitrogen and oxygen atoms in total. The lowest BCUT2D eigenvalue weighted by atomic mass is 9.98. The van der Waals surface area contributed by atoms with Crippen LogP contribution >= 0.6 is 0 Å². The minimum absolute atomic E-state index is 0.0619. The van der Waals surface area contributed by atoms with Gasteiger partial charge in [-0.05, 0) is 77.2 Å². The summed E-state index contributed by atoms with van der Waals surface area (Å²) in [5, 5.41) is 16.5. The molecule has 3 rings (SSSR count). The van der Waals surface area contributed by atoms with Crippen molar-refractivity contribution in [2.75, 3.05) is 44.2 Å². The van der Waals surface area contributed by atoms with Gasteiger partial charge in [-0.15, -0.1) is 0 Å². The van der Waals surface area contributed by atoms with Gasteiger partial charge in [0.2, 0.25) is 0 Å². The minimum atomic E-state index is -0.259. The van der Waals surface area contributed by atoms with Crippen LogP contribution in [0.3, 0.4) is 0 Å². The van der Waals surface area contributed by atoms with Gasteiger partial charge < -0.3 is 20.6 Å². The van der Waals surface area contributed by atoms with Gasteiger partial charge in [0.25, 0.3) is 0 Å². The van der Waals surface area contributed by atoms with Crippen molar-refractivity contribution in [1.82, 2.24) is 15.5 Å². The third kappa shape index (κ3) is 6.81. The first-order valence-corrected chi connectivity index (χ1v) is 11.9. The number of aliphatic hydroxyl groups is 1. The van der Waals surface area contributed by atoms with Gasteiger partial charge in [-0.2, -0.15) is 0 Å². The zero-order valence-corrected chi connectivity index (χ0v) is 19.5. The Balaban J connectivity index is 1.58. The summed E-state index contributed by atoms with van der Waals surface area (Å²) in [4.78, 5) is 9.26. The number of piperidine rings is 2. The number of hydrogen-bond acceptors (Lipinski definition) is 4. The van der Waals surface area contributed by atoms with Crippen LogP contribution < -0.4 is 15.5 Å². The molecule has 2 fully saturated rings. The van der Waals surface area contributed by atoms with Gasteiger partial charge in [-0.25, -0.2) is 9.38 Å². The predicted molar refractivity (Wildman–Crippen MR) is 126 cm³/mol. The minimum Gasteiger partial charge on any atom is -0.393 e. The van der Waals surface area contributed by atoms with E-state index < -0.39 is 0 Å². The Hall–Kier alpha value is -1.86. The van der Waals surface area contributed by atoms with Crippen LogP contribution in [0.1, 0.15) is 58.4 Å². The number of aliphatic hydroxyl groups excluding tert-OH is 1. The highest BCUT2D eigenvalue weighted by molar-refractivity contribution is 5.79. The highest BCUT2D eigenvalue weighted by Crippen LogP contribution is 2.24. The molecule has 2 aliphatic heterocycles. The van der Waals surface area contributed by atoms with E-state index in [4.69, 9.17) is 0 Å². The molecule has 7 heteroatoms. The first-order valence-electron chi connectivity index (χ1n) is 11.9. The molecule has 0 bridgehead atoms. The van der Waals surface area contributed by atoms with Gasteiger partial charge in [0.1, 0.15) is 5.82 Å². The molecule has 0 spiro atoms. The van der Waals surface area contributed by atoms with Crippen LogP contribution in [-0.2, 0) is 6.54 Å². The van der Waals surface area contributed by atoms with Crippen molar-refractivity contribution in [3.8, 4) is 0 Å². The third-order valence-electron chi connectivity index (χ3n) is 6.48. The van der Waals surface area contributed by atoms with Crippen LogP contribution in [0.2, 0.25) is 0 Å². The first kappa shape index (κ1) is 23.8. The molecule has 0 radical (unpaired) electrons. The molecular formula is C24H40FN5O. The summed E-state index contributed by atoms with van der Waals surface area (Å²) in [6.45, 7) is 12.3. The number of aliphatic imine (C=N–C) groups is 1. The SMILES string of the molecule is CCNC(=NCc1ccc(N2CCC(O)CC2)c(F)c1)NCC(C)(C)N1CCCCC1. The van der Waals surface area contributed by atoms with Crippen molar-refractivity contribution in [2.24, 2.45) is 4.99 Å². The Morgan fingerprint density at radius 3 is 2.48 bits per heavy atom. The van der Waals surface area contributed by atoms with Crippen LogP contribution in [-0.4, -0.2) is 66.9 Å². The molecule has 0 saturated carbocycles. The molecule has 0 unspecified atom stereocenters. The van der Waals surface area contributed by atoms with E-state index in [0.717, 1.165) is 37.7 Å². The molecule has 0 aliphatic carbocycles. The van der Waals surface area contributed by atoms with Crippen LogP contribution in [0.25, 0.3) is 0 Å². The number of hydrogen-bond donors (Lipinski definition) is 3. The van der Waals surface area contributed by atoms with E-state index in [2.05, 4.69) is 41.3 Å². The summed E-state index contributed by atoms with van der Waals surface area (Å²) < 4.78 is 14.7. The molecule has 1 aromatic rings. The van der Waals surface area contributed by atoms with E-state index in [1.165, 1.54) is 19.3 Å². The van der Waals surface area contributed by atoms with Crippen molar-refractivity contribution in [2.45, 2.75) is 71.1 Å². The Labute approximate surface area is 186 Å². The van der Waals surface area contributed by atoms with Crippen molar-refractivity contribution >= 4 is 11.6 Å². The monoisotopic (exact) mass is 433 g/mol. The highest BCUT2D eigenvalue weighted by Gasteiger charge is 2.28. The van der Waals surface area contributed by atoms with E-state index >= 15 is 0 Å². The first-order chi connectivity index (χ1) is 14.9. The van der Waals surface area contributed by atoms with Gasteiger partial charge in [0.05, 0.1) is 18.3 Å². The van der Waals surface area contributed by atoms with Crippen LogP contribution in [0.5, 0.6) is 0 Å². The standard InChI is InChI=1S/C24H40FN5O/c1-4-26-23(28-18-24(2,3)30-12-6-5-7-13-30)27-17-19-8-9-22(21(25)16-19)29-14-10-20(31)11-15-29/h8-9,16,20,31H,4-7,10-15,17-18H2,1-3H3,(H2,26,27,28). The largest absolute Gasteiger partial charge is 0.393 e. The topological polar surface area (TPSA) is 63.1 Å². The fourth-order valence-electron chi connectivity index (χ4n) is 4.44. The molecule has 2 aliphatic rings. The Morgan fingerprint density at radius 1 is 1.13 bits per heavy atom. The van der Waals surface area contributed by atoms with Gasteiger partial charge >= 0.3 is 0 Å². The Bertz CT molecular complexity index is 725. The zero-order chi connectivity index (χ0) is 22.3. The number of halogens is 1. The summed E-state index contributed by atoms with van der Waals surface area (Å²) >= 11 is 0. The maximum atomic E-state index is 14.7. The fourth-order valence-corrected chi connectivity index (χ4v) is 4.44. The molecular weight excluding hydrogens is 393 g/mol. The number of benzene rings is 1. The number of anilines is 1. The van der Waals surface area contributed by atoms with Crippen molar-refractivity contribution in [3.05, 3.63) is 29.6 Å². The lowest BCUT2D eigenvalue weighted by Crippen LogP contribution is -2.54. The van der Waals surface area contributed by atoms with E-state index in [0.29, 0.717) is 38.2 Å². The van der Waals surface area contributed by atoms with Gasteiger partial charge in [-0.3, -0.25) is 4.90 Å². The van der Waals surface area contributed by atoms with E-state index in [1.54, 1.807) is 6.07 Å². The molecule has 0 aromatic heterocycles. The fraction of sp³-hybridized carbons (Fsp3) is 0.708. The van der Waals surface area contributed by atoms with Crippen molar-refractivity contribution in [3.63, 3.8) is 0 Å². The second-order valence-electron chi connectivity index (χ2n) is 9.41. The predicted octanol–water partition coefficient (Wildman–Crippen LogP) is 3.11. The summed E-state index contributed by atoms with van der Waals surface area (Å²) in [6, 6.07) is 5.39. The van der Waals surface area contributed by atoms with E-state index in [9.17, 15) is 9.50 Å². The van der Waals surface area contributed by atoms with Crippen LogP contribution in [0.4, 0.5) is 10.1 Å². The van der Waals surface area contributed by atoms with Crippen LogP contribution in [0, 0.1) is 5.82 Å². The molecule has 1 aromatic carbocycles. The summed E-state index contributed by atoms with van der Waals surface area (Å²) in [5.41, 5.74) is 1.53. The normalized spacial score (nSPS) is 19.5. The number of nitrogens with zero attached hydrogens (tertiary/aromatic N) is 3. The van der Waals surface area contributed by atoms with Gasteiger partial charge in [0.15, 0.2) is 5.96 Å². The quantitative estimate of drug-likeness (QED) is 0.456. The van der Waals surface area contributed by atoms with E-state index in [1.807, 2.05) is 17.0 Å². The maximum absolute atomic E-state index is 14.7. The average molecular weight is 434 g/mol. The van der Waals surface area contributed by atoms with Gasteiger partial charge in [0, 0.05) is 31.7 Å². The molecule has 174 valence electrons. The molecule has 3 N–H and O–H groups in total. The Kier molecular flexibility index (Phi) is 8.55. The molecule has 31 heavy (non-hydrogen) atoms. The molecule has 2 saturated heterocycles. The smallest absolute Gasteiger partial charge is 0.191 e. The van der Waals surface area contributed by atoms with Crippen molar-refractivity contribution in [1.29, 1.82) is 0 Å². The molecule has 2 heterocycles. The van der Waals surface area contributed by atoms with Crippen molar-refractivity contribution < 1.29 is 9.50 Å². The summed E-state index contributed by atoms with van der Waals surface area (Å²) in [7, 11) is 0. The van der Waals surface area contributed by atoms with Gasteiger partial charge in [-0.1, -0.05) is 12.5 Å². The lowest BCUT2D eigenvalue weighted by Gasteiger charge is -2.41. The second kappa shape index (κ2) is 11.1. The average Bonchev–Trinajstić information content (AvgIpc) is 2.77. The highest BCUT2D eigenvalue weighted by atomic mass is 19.1. The third-order valence-corrected chi connectivity index (χ3v) is 6.48. The number of rotatable bonds is 7. The van der Waals surface area contributed by atoms with E-state index in [-0.39, 0.29) is 17.5 Å². The zero-order valence-electron chi connectivity index (χ0n) is 19.5. The van der Waals surface area contributed by atoms with Crippen LogP contribution in [0.15, 0.2) is 23.2 Å². The summed E-state index contributed by atoms with van der Waals surface area (Å²) in [6.07, 6.45) is 5.01. The second-order valence-corrected chi connectivity index (χ2v) is 9.41. The Morgan fingerprint density at radius 2 is 1.84 bits per heavy atom. The molecule has 0 atom stereocenters. The molecule has 0 amide bonds. The number of likely N-dealkylation sites (tertiary alicyclic amines) is 1.